The number of rotatable bonds is 9. The van der Waals surface area contributed by atoms with Crippen molar-refractivity contribution in [3.63, 3.8) is 0 Å². The molecular weight excluding hydrogens is 464 g/mol. The van der Waals surface area contributed by atoms with Crippen molar-refractivity contribution in [1.29, 1.82) is 0 Å². The Balaban J connectivity index is 1.47. The molecule has 0 bridgehead atoms. The van der Waals surface area contributed by atoms with E-state index < -0.39 is 11.8 Å². The molecule has 0 spiro atoms. The van der Waals surface area contributed by atoms with Gasteiger partial charge < -0.3 is 24.8 Å². The number of amides is 3. The minimum atomic E-state index is -0.882. The summed E-state index contributed by atoms with van der Waals surface area (Å²) in [5.74, 6) is -1.30. The lowest BCUT2D eigenvalue weighted by atomic mass is 10.2. The largest absolute Gasteiger partial charge is 0.493 e. The fourth-order valence-electron chi connectivity index (χ4n) is 3.07. The standard InChI is InChI=1S/C23H25ClN4O6/c1-32-20-11-15(12-26-28-23(31)22(30)25-13-18-3-2-10-33-18)4-9-19(20)34-14-21(29)27-17-7-5-16(24)6-8-17/h4-9,11-12,18H,2-3,10,13-14H2,1H3,(H,25,30)(H,27,29)(H,28,31)/b26-12-/t18-/m1/s1. The number of methoxy groups -OCH3 is 1. The second kappa shape index (κ2) is 12.6. The SMILES string of the molecule is COc1cc(/C=N\NC(=O)C(=O)NC[C@H]2CCCO2)ccc1OCC(=O)Nc1ccc(Cl)cc1. The highest BCUT2D eigenvalue weighted by molar-refractivity contribution is 6.35. The van der Waals surface area contributed by atoms with Crippen molar-refractivity contribution in [2.75, 3.05) is 32.2 Å². The number of hydrogen-bond acceptors (Lipinski definition) is 7. The van der Waals surface area contributed by atoms with Crippen molar-refractivity contribution in [2.45, 2.75) is 18.9 Å². The Morgan fingerprint density at radius 1 is 1.15 bits per heavy atom. The molecule has 1 aliphatic rings. The van der Waals surface area contributed by atoms with Crippen LogP contribution in [0.1, 0.15) is 18.4 Å². The number of nitrogens with one attached hydrogen (secondary N) is 3. The lowest BCUT2D eigenvalue weighted by Crippen LogP contribution is -2.41. The van der Waals surface area contributed by atoms with Gasteiger partial charge in [-0.1, -0.05) is 11.6 Å². The molecule has 0 aromatic heterocycles. The Morgan fingerprint density at radius 3 is 2.65 bits per heavy atom. The van der Waals surface area contributed by atoms with Gasteiger partial charge >= 0.3 is 11.8 Å². The Hall–Kier alpha value is -3.63. The second-order valence-corrected chi connectivity index (χ2v) is 7.73. The molecule has 180 valence electrons. The minimum Gasteiger partial charge on any atom is -0.493 e. The van der Waals surface area contributed by atoms with Crippen LogP contribution in [-0.4, -0.2) is 56.9 Å². The third kappa shape index (κ3) is 7.75. The van der Waals surface area contributed by atoms with Crippen LogP contribution < -0.4 is 25.5 Å². The van der Waals surface area contributed by atoms with Crippen LogP contribution in [0.25, 0.3) is 0 Å². The molecule has 0 radical (unpaired) electrons. The van der Waals surface area contributed by atoms with Crippen LogP contribution in [0.4, 0.5) is 5.69 Å². The third-order valence-electron chi connectivity index (χ3n) is 4.77. The van der Waals surface area contributed by atoms with Crippen molar-refractivity contribution in [3.8, 4) is 11.5 Å². The van der Waals surface area contributed by atoms with E-state index in [1.165, 1.54) is 13.3 Å². The van der Waals surface area contributed by atoms with E-state index >= 15 is 0 Å². The maximum atomic E-state index is 12.1. The zero-order valence-electron chi connectivity index (χ0n) is 18.5. The number of benzene rings is 2. The van der Waals surface area contributed by atoms with Gasteiger partial charge in [0.1, 0.15) is 0 Å². The van der Waals surface area contributed by atoms with Gasteiger partial charge in [-0.2, -0.15) is 5.10 Å². The molecule has 3 N–H and O–H groups in total. The van der Waals surface area contributed by atoms with Gasteiger partial charge in [0.15, 0.2) is 18.1 Å². The second-order valence-electron chi connectivity index (χ2n) is 7.30. The van der Waals surface area contributed by atoms with Crippen LogP contribution in [0.3, 0.4) is 0 Å². The van der Waals surface area contributed by atoms with Gasteiger partial charge in [-0.15, -0.1) is 0 Å². The number of halogens is 1. The van der Waals surface area contributed by atoms with Crippen molar-refractivity contribution < 1.29 is 28.6 Å². The van der Waals surface area contributed by atoms with Crippen LogP contribution in [-0.2, 0) is 19.1 Å². The van der Waals surface area contributed by atoms with Crippen LogP contribution in [0, 0.1) is 0 Å². The predicted molar refractivity (Wildman–Crippen MR) is 126 cm³/mol. The van der Waals surface area contributed by atoms with E-state index in [2.05, 4.69) is 21.2 Å². The molecule has 1 atom stereocenters. The smallest absolute Gasteiger partial charge is 0.329 e. The first kappa shape index (κ1) is 25.0. The maximum Gasteiger partial charge on any atom is 0.329 e. The van der Waals surface area contributed by atoms with Crippen LogP contribution >= 0.6 is 11.6 Å². The number of carbonyl (C=O) groups is 3. The molecule has 3 amide bonds. The number of hydrazone groups is 1. The summed E-state index contributed by atoms with van der Waals surface area (Å²) >= 11 is 5.83. The summed E-state index contributed by atoms with van der Waals surface area (Å²) in [7, 11) is 1.46. The van der Waals surface area contributed by atoms with Gasteiger partial charge in [-0.05, 0) is 60.9 Å². The lowest BCUT2D eigenvalue weighted by Gasteiger charge is -2.11. The Kier molecular flexibility index (Phi) is 9.24. The summed E-state index contributed by atoms with van der Waals surface area (Å²) in [6, 6.07) is 11.6. The van der Waals surface area contributed by atoms with E-state index in [1.54, 1.807) is 42.5 Å². The van der Waals surface area contributed by atoms with Gasteiger partial charge in [0.2, 0.25) is 0 Å². The number of anilines is 1. The zero-order valence-corrected chi connectivity index (χ0v) is 19.3. The first-order valence-electron chi connectivity index (χ1n) is 10.5. The first-order chi connectivity index (χ1) is 16.4. The normalized spacial score (nSPS) is 15.1. The first-order valence-corrected chi connectivity index (χ1v) is 10.9. The van der Waals surface area contributed by atoms with E-state index in [0.717, 1.165) is 12.8 Å². The quantitative estimate of drug-likeness (QED) is 0.282. The summed E-state index contributed by atoms with van der Waals surface area (Å²) in [5, 5.41) is 9.57. The summed E-state index contributed by atoms with van der Waals surface area (Å²) in [4.78, 5) is 35.8. The Labute approximate surface area is 201 Å². The Morgan fingerprint density at radius 2 is 1.94 bits per heavy atom. The molecule has 1 aliphatic heterocycles. The van der Waals surface area contributed by atoms with Gasteiger partial charge in [0, 0.05) is 23.9 Å². The number of carbonyl (C=O) groups excluding carboxylic acids is 3. The van der Waals surface area contributed by atoms with Gasteiger partial charge in [-0.25, -0.2) is 5.43 Å². The fraction of sp³-hybridized carbons (Fsp3) is 0.304. The average Bonchev–Trinajstić information content (AvgIpc) is 3.36. The highest BCUT2D eigenvalue weighted by atomic mass is 35.5. The Bertz CT molecular complexity index is 1040. The highest BCUT2D eigenvalue weighted by Gasteiger charge is 2.19. The molecule has 1 saturated heterocycles. The molecule has 1 fully saturated rings. The molecule has 3 rings (SSSR count). The molecule has 34 heavy (non-hydrogen) atoms. The zero-order chi connectivity index (χ0) is 24.3. The van der Waals surface area contributed by atoms with Crippen molar-refractivity contribution in [3.05, 3.63) is 53.1 Å². The molecule has 0 unspecified atom stereocenters. The summed E-state index contributed by atoms with van der Waals surface area (Å²) in [6.07, 6.45) is 3.09. The van der Waals surface area contributed by atoms with E-state index in [-0.39, 0.29) is 25.2 Å². The minimum absolute atomic E-state index is 0.0584. The van der Waals surface area contributed by atoms with Gasteiger partial charge in [0.25, 0.3) is 5.91 Å². The average molecular weight is 489 g/mol. The summed E-state index contributed by atoms with van der Waals surface area (Å²) in [5.41, 5.74) is 3.34. The molecular formula is C23H25ClN4O6. The summed E-state index contributed by atoms with van der Waals surface area (Å²) in [6.45, 7) is 0.719. The molecule has 2 aromatic carbocycles. The van der Waals surface area contributed by atoms with Crippen molar-refractivity contribution in [1.82, 2.24) is 10.7 Å². The van der Waals surface area contributed by atoms with Crippen molar-refractivity contribution >= 4 is 41.2 Å². The van der Waals surface area contributed by atoms with Crippen LogP contribution in [0.15, 0.2) is 47.6 Å². The predicted octanol–water partition coefficient (Wildman–Crippen LogP) is 2.11. The van der Waals surface area contributed by atoms with Crippen LogP contribution in [0.2, 0.25) is 5.02 Å². The van der Waals surface area contributed by atoms with Gasteiger partial charge in [0.05, 0.1) is 19.4 Å². The summed E-state index contributed by atoms with van der Waals surface area (Å²) < 4.78 is 16.2. The van der Waals surface area contributed by atoms with Gasteiger partial charge in [-0.3, -0.25) is 14.4 Å². The maximum absolute atomic E-state index is 12.1. The van der Waals surface area contributed by atoms with E-state index in [1.807, 2.05) is 0 Å². The van der Waals surface area contributed by atoms with E-state index in [0.29, 0.717) is 34.4 Å². The fourth-order valence-corrected chi connectivity index (χ4v) is 3.19. The number of ether oxygens (including phenoxy) is 3. The molecule has 0 aliphatic carbocycles. The number of hydrogen-bond donors (Lipinski definition) is 3. The van der Waals surface area contributed by atoms with Crippen LogP contribution in [0.5, 0.6) is 11.5 Å². The molecule has 11 heteroatoms. The highest BCUT2D eigenvalue weighted by Crippen LogP contribution is 2.27. The van der Waals surface area contributed by atoms with E-state index in [4.69, 9.17) is 25.8 Å². The number of nitrogens with zero attached hydrogens (tertiary/aromatic N) is 1. The lowest BCUT2D eigenvalue weighted by molar-refractivity contribution is -0.139. The third-order valence-corrected chi connectivity index (χ3v) is 5.03. The van der Waals surface area contributed by atoms with Crippen molar-refractivity contribution in [2.24, 2.45) is 5.10 Å². The molecule has 2 aromatic rings. The topological polar surface area (TPSA) is 127 Å². The van der Waals surface area contributed by atoms with E-state index in [9.17, 15) is 14.4 Å². The molecule has 10 nitrogen and oxygen atoms in total. The monoisotopic (exact) mass is 488 g/mol. The molecule has 0 saturated carbocycles. The molecule has 1 heterocycles.